The SMILES string of the molecule is CC(=O)Nc1cccc(NCC(=O)N2CCN(c3cccc(Cl)c3)CC2)c1. The average molecular weight is 387 g/mol. The number of halogens is 1. The van der Waals surface area contributed by atoms with Gasteiger partial charge >= 0.3 is 0 Å². The van der Waals surface area contributed by atoms with E-state index in [9.17, 15) is 9.59 Å². The van der Waals surface area contributed by atoms with Gasteiger partial charge in [-0.1, -0.05) is 23.7 Å². The van der Waals surface area contributed by atoms with Crippen LogP contribution in [0.1, 0.15) is 6.92 Å². The molecule has 1 saturated heterocycles. The van der Waals surface area contributed by atoms with Crippen LogP contribution in [0.3, 0.4) is 0 Å². The van der Waals surface area contributed by atoms with E-state index in [1.54, 1.807) is 0 Å². The summed E-state index contributed by atoms with van der Waals surface area (Å²) in [6, 6.07) is 15.1. The molecule has 0 aliphatic carbocycles. The summed E-state index contributed by atoms with van der Waals surface area (Å²) in [5, 5.41) is 6.58. The molecule has 3 rings (SSSR count). The molecule has 2 aromatic rings. The van der Waals surface area contributed by atoms with E-state index in [2.05, 4.69) is 15.5 Å². The summed E-state index contributed by atoms with van der Waals surface area (Å²) in [6.45, 7) is 4.61. The fraction of sp³-hybridized carbons (Fsp3) is 0.300. The first kappa shape index (κ1) is 19.0. The van der Waals surface area contributed by atoms with Crippen LogP contribution in [-0.4, -0.2) is 49.4 Å². The summed E-state index contributed by atoms with van der Waals surface area (Å²) in [5.41, 5.74) is 2.59. The van der Waals surface area contributed by atoms with Crippen molar-refractivity contribution in [2.75, 3.05) is 48.3 Å². The molecule has 1 aliphatic heterocycles. The molecule has 1 aliphatic rings. The number of hydrogen-bond acceptors (Lipinski definition) is 4. The van der Waals surface area contributed by atoms with Crippen LogP contribution in [-0.2, 0) is 9.59 Å². The Morgan fingerprint density at radius 2 is 1.70 bits per heavy atom. The van der Waals surface area contributed by atoms with Crippen LogP contribution in [0.5, 0.6) is 0 Å². The molecular weight excluding hydrogens is 364 g/mol. The number of amides is 2. The Bertz CT molecular complexity index is 819. The van der Waals surface area contributed by atoms with E-state index < -0.39 is 0 Å². The fourth-order valence-corrected chi connectivity index (χ4v) is 3.27. The van der Waals surface area contributed by atoms with Crippen molar-refractivity contribution in [2.24, 2.45) is 0 Å². The lowest BCUT2D eigenvalue weighted by Gasteiger charge is -2.36. The summed E-state index contributed by atoms with van der Waals surface area (Å²) in [7, 11) is 0. The molecule has 0 radical (unpaired) electrons. The van der Waals surface area contributed by atoms with Crippen LogP contribution in [0.25, 0.3) is 0 Å². The van der Waals surface area contributed by atoms with E-state index in [1.165, 1.54) is 6.92 Å². The van der Waals surface area contributed by atoms with Gasteiger partial charge in [0.15, 0.2) is 0 Å². The average Bonchev–Trinajstić information content (AvgIpc) is 2.66. The Labute approximate surface area is 164 Å². The molecule has 2 aromatic carbocycles. The summed E-state index contributed by atoms with van der Waals surface area (Å²) in [4.78, 5) is 27.7. The standard InChI is InChI=1S/C20H23ClN4O2/c1-15(26)23-18-6-3-5-17(13-18)22-14-20(27)25-10-8-24(9-11-25)19-7-2-4-16(21)12-19/h2-7,12-13,22H,8-11,14H2,1H3,(H,23,26). The molecule has 0 unspecified atom stereocenters. The number of carbonyl (C=O) groups excluding carboxylic acids is 2. The van der Waals surface area contributed by atoms with Crippen molar-refractivity contribution < 1.29 is 9.59 Å². The number of benzene rings is 2. The van der Waals surface area contributed by atoms with Gasteiger partial charge in [0.1, 0.15) is 0 Å². The van der Waals surface area contributed by atoms with Gasteiger partial charge in [0, 0.05) is 55.2 Å². The Kier molecular flexibility index (Phi) is 6.19. The second kappa shape index (κ2) is 8.77. The highest BCUT2D eigenvalue weighted by molar-refractivity contribution is 6.30. The minimum absolute atomic E-state index is 0.0608. The minimum Gasteiger partial charge on any atom is -0.376 e. The zero-order chi connectivity index (χ0) is 19.2. The Morgan fingerprint density at radius 3 is 2.41 bits per heavy atom. The number of anilines is 3. The lowest BCUT2D eigenvalue weighted by atomic mass is 10.2. The van der Waals surface area contributed by atoms with Crippen molar-refractivity contribution in [1.29, 1.82) is 0 Å². The van der Waals surface area contributed by atoms with E-state index >= 15 is 0 Å². The Morgan fingerprint density at radius 1 is 1.00 bits per heavy atom. The zero-order valence-corrected chi connectivity index (χ0v) is 16.0. The molecule has 2 amide bonds. The van der Waals surface area contributed by atoms with Crippen molar-refractivity contribution in [3.8, 4) is 0 Å². The maximum atomic E-state index is 12.5. The summed E-state index contributed by atoms with van der Waals surface area (Å²) >= 11 is 6.06. The van der Waals surface area contributed by atoms with E-state index in [0.29, 0.717) is 18.8 Å². The molecule has 142 valence electrons. The highest BCUT2D eigenvalue weighted by Gasteiger charge is 2.21. The number of rotatable bonds is 5. The van der Waals surface area contributed by atoms with E-state index in [0.717, 1.165) is 29.5 Å². The predicted molar refractivity (Wildman–Crippen MR) is 109 cm³/mol. The van der Waals surface area contributed by atoms with Crippen LogP contribution in [0, 0.1) is 0 Å². The topological polar surface area (TPSA) is 64.7 Å². The van der Waals surface area contributed by atoms with Crippen molar-refractivity contribution in [2.45, 2.75) is 6.92 Å². The first-order chi connectivity index (χ1) is 13.0. The normalized spacial score (nSPS) is 14.0. The highest BCUT2D eigenvalue weighted by atomic mass is 35.5. The van der Waals surface area contributed by atoms with Crippen molar-refractivity contribution in [1.82, 2.24) is 4.90 Å². The van der Waals surface area contributed by atoms with Crippen LogP contribution in [0.15, 0.2) is 48.5 Å². The highest BCUT2D eigenvalue weighted by Crippen LogP contribution is 2.21. The number of nitrogens with zero attached hydrogens (tertiary/aromatic N) is 2. The molecular formula is C20H23ClN4O2. The van der Waals surface area contributed by atoms with Crippen molar-refractivity contribution in [3.05, 3.63) is 53.6 Å². The Hall–Kier alpha value is -2.73. The van der Waals surface area contributed by atoms with E-state index in [1.807, 2.05) is 53.4 Å². The largest absolute Gasteiger partial charge is 0.376 e. The third-order valence-corrected chi connectivity index (χ3v) is 4.67. The fourth-order valence-electron chi connectivity index (χ4n) is 3.09. The molecule has 0 bridgehead atoms. The second-order valence-corrected chi connectivity index (χ2v) is 6.90. The van der Waals surface area contributed by atoms with Crippen molar-refractivity contribution >= 4 is 40.5 Å². The van der Waals surface area contributed by atoms with Crippen LogP contribution < -0.4 is 15.5 Å². The van der Waals surface area contributed by atoms with Gasteiger partial charge in [0.25, 0.3) is 0 Å². The van der Waals surface area contributed by atoms with E-state index in [4.69, 9.17) is 11.6 Å². The van der Waals surface area contributed by atoms with Gasteiger partial charge in [0.05, 0.1) is 6.54 Å². The quantitative estimate of drug-likeness (QED) is 0.828. The molecule has 1 heterocycles. The first-order valence-corrected chi connectivity index (χ1v) is 9.29. The molecule has 27 heavy (non-hydrogen) atoms. The molecule has 1 fully saturated rings. The number of hydrogen-bond donors (Lipinski definition) is 2. The molecule has 0 aromatic heterocycles. The smallest absolute Gasteiger partial charge is 0.241 e. The van der Waals surface area contributed by atoms with Crippen molar-refractivity contribution in [3.63, 3.8) is 0 Å². The summed E-state index contributed by atoms with van der Waals surface area (Å²) in [5.74, 6) is -0.0634. The lowest BCUT2D eigenvalue weighted by Crippen LogP contribution is -2.50. The second-order valence-electron chi connectivity index (χ2n) is 6.46. The molecule has 0 atom stereocenters. The summed E-state index contributed by atoms with van der Waals surface area (Å²) < 4.78 is 0. The number of piperazine rings is 1. The monoisotopic (exact) mass is 386 g/mol. The third kappa shape index (κ3) is 5.37. The van der Waals surface area contributed by atoms with E-state index in [-0.39, 0.29) is 18.4 Å². The summed E-state index contributed by atoms with van der Waals surface area (Å²) in [6.07, 6.45) is 0. The number of carbonyl (C=O) groups is 2. The van der Waals surface area contributed by atoms with Gasteiger partial charge in [-0.05, 0) is 36.4 Å². The third-order valence-electron chi connectivity index (χ3n) is 4.43. The first-order valence-electron chi connectivity index (χ1n) is 8.91. The van der Waals surface area contributed by atoms with Gasteiger partial charge in [-0.3, -0.25) is 9.59 Å². The van der Waals surface area contributed by atoms with Crippen LogP contribution >= 0.6 is 11.6 Å². The van der Waals surface area contributed by atoms with Gasteiger partial charge in [-0.25, -0.2) is 0 Å². The minimum atomic E-state index is -0.124. The maximum absolute atomic E-state index is 12.5. The number of nitrogens with one attached hydrogen (secondary N) is 2. The lowest BCUT2D eigenvalue weighted by molar-refractivity contribution is -0.129. The molecule has 6 nitrogen and oxygen atoms in total. The van der Waals surface area contributed by atoms with Gasteiger partial charge < -0.3 is 20.4 Å². The van der Waals surface area contributed by atoms with Gasteiger partial charge in [0.2, 0.25) is 11.8 Å². The molecule has 0 saturated carbocycles. The maximum Gasteiger partial charge on any atom is 0.241 e. The van der Waals surface area contributed by atoms with Crippen LogP contribution in [0.2, 0.25) is 5.02 Å². The predicted octanol–water partition coefficient (Wildman–Crippen LogP) is 3.06. The van der Waals surface area contributed by atoms with Gasteiger partial charge in [-0.15, -0.1) is 0 Å². The Balaban J connectivity index is 1.49. The van der Waals surface area contributed by atoms with Crippen LogP contribution in [0.4, 0.5) is 17.1 Å². The van der Waals surface area contributed by atoms with Gasteiger partial charge in [-0.2, -0.15) is 0 Å². The molecule has 0 spiro atoms. The molecule has 2 N–H and O–H groups in total. The molecule has 7 heteroatoms. The zero-order valence-electron chi connectivity index (χ0n) is 15.2.